The predicted octanol–water partition coefficient (Wildman–Crippen LogP) is 3.10. The second-order valence-corrected chi connectivity index (χ2v) is 4.71. The first-order chi connectivity index (χ1) is 9.72. The zero-order chi connectivity index (χ0) is 13.9. The summed E-state index contributed by atoms with van der Waals surface area (Å²) >= 11 is 0. The first kappa shape index (κ1) is 12.8. The van der Waals surface area contributed by atoms with Crippen LogP contribution in [0.4, 0.5) is 26.1 Å². The molecule has 1 aromatic heterocycles. The summed E-state index contributed by atoms with van der Waals surface area (Å²) in [5.74, 6) is -0.338. The lowest BCUT2D eigenvalue weighted by atomic mass is 10.3. The highest BCUT2D eigenvalue weighted by Crippen LogP contribution is 2.22. The average molecular weight is 276 g/mol. The number of nitrogens with zero attached hydrogens (tertiary/aromatic N) is 3. The Labute approximate surface area is 115 Å². The number of aromatic nitrogens is 2. The standard InChI is InChI=1S/C14H14F2N4/c15-11-4-3-10(7-12(11)16)19-13-8-14(18-9-17-13)20-5-1-2-6-20/h3-4,7-9H,1-2,5-6H2,(H,17,18,19). The fourth-order valence-corrected chi connectivity index (χ4v) is 2.26. The molecule has 0 spiro atoms. The van der Waals surface area contributed by atoms with E-state index in [1.54, 1.807) is 0 Å². The first-order valence-electron chi connectivity index (χ1n) is 6.51. The third-order valence-corrected chi connectivity index (χ3v) is 3.27. The number of rotatable bonds is 3. The third kappa shape index (κ3) is 2.68. The fourth-order valence-electron chi connectivity index (χ4n) is 2.26. The molecule has 0 atom stereocenters. The Morgan fingerprint density at radius 1 is 1.00 bits per heavy atom. The van der Waals surface area contributed by atoms with E-state index in [4.69, 9.17) is 0 Å². The average Bonchev–Trinajstić information content (AvgIpc) is 2.97. The lowest BCUT2D eigenvalue weighted by molar-refractivity contribution is 0.509. The molecular formula is C14H14F2N4. The van der Waals surface area contributed by atoms with Crippen molar-refractivity contribution in [2.75, 3.05) is 23.3 Å². The van der Waals surface area contributed by atoms with Crippen molar-refractivity contribution in [1.82, 2.24) is 9.97 Å². The summed E-state index contributed by atoms with van der Waals surface area (Å²) in [6.45, 7) is 1.98. The van der Waals surface area contributed by atoms with Crippen LogP contribution in [0.2, 0.25) is 0 Å². The van der Waals surface area contributed by atoms with Gasteiger partial charge in [-0.05, 0) is 25.0 Å². The molecule has 20 heavy (non-hydrogen) atoms. The maximum atomic E-state index is 13.2. The van der Waals surface area contributed by atoms with Gasteiger partial charge in [0.2, 0.25) is 0 Å². The van der Waals surface area contributed by atoms with Crippen molar-refractivity contribution in [3.05, 3.63) is 42.2 Å². The second kappa shape index (κ2) is 5.40. The fraction of sp³-hybridized carbons (Fsp3) is 0.286. The van der Waals surface area contributed by atoms with Crippen molar-refractivity contribution in [1.29, 1.82) is 0 Å². The van der Waals surface area contributed by atoms with E-state index in [1.165, 1.54) is 12.4 Å². The smallest absolute Gasteiger partial charge is 0.160 e. The number of halogens is 2. The lowest BCUT2D eigenvalue weighted by Gasteiger charge is -2.16. The van der Waals surface area contributed by atoms with E-state index in [0.717, 1.165) is 43.9 Å². The van der Waals surface area contributed by atoms with Gasteiger partial charge in [-0.15, -0.1) is 0 Å². The van der Waals surface area contributed by atoms with Crippen molar-refractivity contribution in [3.8, 4) is 0 Å². The van der Waals surface area contributed by atoms with Crippen molar-refractivity contribution < 1.29 is 8.78 Å². The molecule has 3 rings (SSSR count). The van der Waals surface area contributed by atoms with Gasteiger partial charge >= 0.3 is 0 Å². The highest BCUT2D eigenvalue weighted by molar-refractivity contribution is 5.59. The predicted molar refractivity (Wildman–Crippen MR) is 73.1 cm³/mol. The van der Waals surface area contributed by atoms with Gasteiger partial charge in [0.05, 0.1) is 0 Å². The molecule has 1 fully saturated rings. The molecule has 104 valence electrons. The Hall–Kier alpha value is -2.24. The molecule has 0 bridgehead atoms. The molecule has 6 heteroatoms. The molecule has 1 saturated heterocycles. The van der Waals surface area contributed by atoms with Crippen LogP contribution < -0.4 is 10.2 Å². The minimum atomic E-state index is -0.885. The largest absolute Gasteiger partial charge is 0.356 e. The van der Waals surface area contributed by atoms with Crippen LogP contribution in [0.25, 0.3) is 0 Å². The van der Waals surface area contributed by atoms with Gasteiger partial charge in [-0.2, -0.15) is 0 Å². The van der Waals surface area contributed by atoms with E-state index < -0.39 is 11.6 Å². The summed E-state index contributed by atoms with van der Waals surface area (Å²) in [4.78, 5) is 10.5. The van der Waals surface area contributed by atoms with Gasteiger partial charge in [0.1, 0.15) is 18.0 Å². The SMILES string of the molecule is Fc1ccc(Nc2cc(N3CCCC3)ncn2)cc1F. The van der Waals surface area contributed by atoms with Crippen molar-refractivity contribution in [2.45, 2.75) is 12.8 Å². The zero-order valence-electron chi connectivity index (χ0n) is 10.8. The molecule has 0 unspecified atom stereocenters. The Morgan fingerprint density at radius 2 is 1.80 bits per heavy atom. The first-order valence-corrected chi connectivity index (χ1v) is 6.51. The van der Waals surface area contributed by atoms with Crippen LogP contribution in [0.1, 0.15) is 12.8 Å². The van der Waals surface area contributed by atoms with E-state index in [0.29, 0.717) is 11.5 Å². The van der Waals surface area contributed by atoms with Crippen LogP contribution in [0.5, 0.6) is 0 Å². The highest BCUT2D eigenvalue weighted by Gasteiger charge is 2.14. The zero-order valence-corrected chi connectivity index (χ0v) is 10.8. The molecule has 2 aromatic rings. The summed E-state index contributed by atoms with van der Waals surface area (Å²) in [5.41, 5.74) is 0.454. The van der Waals surface area contributed by atoms with Gasteiger partial charge in [0, 0.05) is 30.9 Å². The number of anilines is 3. The molecule has 1 aliphatic rings. The van der Waals surface area contributed by atoms with Gasteiger partial charge in [-0.1, -0.05) is 0 Å². The van der Waals surface area contributed by atoms with E-state index >= 15 is 0 Å². The molecule has 0 aliphatic carbocycles. The maximum absolute atomic E-state index is 13.2. The number of hydrogen-bond donors (Lipinski definition) is 1. The molecule has 1 aliphatic heterocycles. The van der Waals surface area contributed by atoms with Crippen molar-refractivity contribution >= 4 is 17.3 Å². The lowest BCUT2D eigenvalue weighted by Crippen LogP contribution is -2.19. The quantitative estimate of drug-likeness (QED) is 0.935. The van der Waals surface area contributed by atoms with Crippen molar-refractivity contribution in [2.24, 2.45) is 0 Å². The van der Waals surface area contributed by atoms with E-state index in [-0.39, 0.29) is 0 Å². The Balaban J connectivity index is 1.79. The Morgan fingerprint density at radius 3 is 2.55 bits per heavy atom. The molecule has 1 N–H and O–H groups in total. The van der Waals surface area contributed by atoms with Crippen LogP contribution in [0.15, 0.2) is 30.6 Å². The van der Waals surface area contributed by atoms with E-state index in [2.05, 4.69) is 20.2 Å². The maximum Gasteiger partial charge on any atom is 0.160 e. The summed E-state index contributed by atoms with van der Waals surface area (Å²) in [7, 11) is 0. The molecule has 0 amide bonds. The Kier molecular flexibility index (Phi) is 3.45. The monoisotopic (exact) mass is 276 g/mol. The number of nitrogens with one attached hydrogen (secondary N) is 1. The van der Waals surface area contributed by atoms with Gasteiger partial charge in [-0.3, -0.25) is 0 Å². The molecule has 0 saturated carbocycles. The van der Waals surface area contributed by atoms with Crippen LogP contribution in [0.3, 0.4) is 0 Å². The summed E-state index contributed by atoms with van der Waals surface area (Å²) in [6.07, 6.45) is 3.79. The van der Waals surface area contributed by atoms with Crippen LogP contribution in [-0.2, 0) is 0 Å². The van der Waals surface area contributed by atoms with Crippen LogP contribution in [-0.4, -0.2) is 23.1 Å². The summed E-state index contributed by atoms with van der Waals surface area (Å²) in [6, 6.07) is 5.47. The molecule has 0 radical (unpaired) electrons. The van der Waals surface area contributed by atoms with Crippen LogP contribution in [0, 0.1) is 11.6 Å². The third-order valence-electron chi connectivity index (χ3n) is 3.27. The van der Waals surface area contributed by atoms with Gasteiger partial charge in [-0.25, -0.2) is 18.7 Å². The summed E-state index contributed by atoms with van der Waals surface area (Å²) < 4.78 is 26.0. The Bertz CT molecular complexity index is 612. The van der Waals surface area contributed by atoms with E-state index in [1.807, 2.05) is 6.07 Å². The molecule has 1 aromatic carbocycles. The second-order valence-electron chi connectivity index (χ2n) is 4.71. The number of hydrogen-bond acceptors (Lipinski definition) is 4. The molecule has 2 heterocycles. The molecular weight excluding hydrogens is 262 g/mol. The van der Waals surface area contributed by atoms with Gasteiger partial charge in [0.15, 0.2) is 11.6 Å². The molecule has 4 nitrogen and oxygen atoms in total. The minimum Gasteiger partial charge on any atom is -0.356 e. The topological polar surface area (TPSA) is 41.0 Å². The minimum absolute atomic E-state index is 0.454. The normalized spacial score (nSPS) is 14.6. The van der Waals surface area contributed by atoms with E-state index in [9.17, 15) is 8.78 Å². The van der Waals surface area contributed by atoms with Crippen LogP contribution >= 0.6 is 0 Å². The van der Waals surface area contributed by atoms with Gasteiger partial charge in [0.25, 0.3) is 0 Å². The number of benzene rings is 1. The van der Waals surface area contributed by atoms with Crippen molar-refractivity contribution in [3.63, 3.8) is 0 Å². The highest BCUT2D eigenvalue weighted by atomic mass is 19.2. The summed E-state index contributed by atoms with van der Waals surface area (Å²) in [5, 5.41) is 2.95. The van der Waals surface area contributed by atoms with Gasteiger partial charge < -0.3 is 10.2 Å².